The van der Waals surface area contributed by atoms with Gasteiger partial charge < -0.3 is 16.0 Å². The molecular formula is C17H13Cl2N5S. The Balaban J connectivity index is 1.58. The van der Waals surface area contributed by atoms with E-state index < -0.39 is 0 Å². The van der Waals surface area contributed by atoms with Crippen molar-refractivity contribution in [2.75, 3.05) is 16.0 Å². The van der Waals surface area contributed by atoms with Crippen LogP contribution in [0.4, 0.5) is 22.9 Å². The molecule has 0 aliphatic carbocycles. The van der Waals surface area contributed by atoms with Crippen molar-refractivity contribution in [3.05, 3.63) is 70.8 Å². The van der Waals surface area contributed by atoms with Crippen LogP contribution in [-0.2, 0) is 0 Å². The number of nitrogens with zero attached hydrogens (tertiary/aromatic N) is 2. The summed E-state index contributed by atoms with van der Waals surface area (Å²) in [6.45, 7) is 0. The largest absolute Gasteiger partial charge is 0.339 e. The lowest BCUT2D eigenvalue weighted by atomic mass is 10.3. The van der Waals surface area contributed by atoms with Crippen LogP contribution in [0.15, 0.2) is 60.7 Å². The van der Waals surface area contributed by atoms with Gasteiger partial charge in [0.05, 0.1) is 0 Å². The third kappa shape index (κ3) is 5.29. The average molecular weight is 390 g/mol. The van der Waals surface area contributed by atoms with E-state index in [1.165, 1.54) is 0 Å². The van der Waals surface area contributed by atoms with E-state index in [0.29, 0.717) is 21.1 Å². The van der Waals surface area contributed by atoms with Gasteiger partial charge in [-0.05, 0) is 66.8 Å². The minimum atomic E-state index is 0.353. The predicted molar refractivity (Wildman–Crippen MR) is 108 cm³/mol. The smallest absolute Gasteiger partial charge is 0.175 e. The minimum Gasteiger partial charge on any atom is -0.339 e. The molecular weight excluding hydrogens is 377 g/mol. The van der Waals surface area contributed by atoms with Gasteiger partial charge in [0.25, 0.3) is 0 Å². The topological polar surface area (TPSA) is 61.9 Å². The maximum atomic E-state index is 5.95. The third-order valence-electron chi connectivity index (χ3n) is 3.13. The van der Waals surface area contributed by atoms with Gasteiger partial charge in [-0.25, -0.2) is 0 Å². The number of aromatic nitrogens is 2. The molecule has 0 fully saturated rings. The summed E-state index contributed by atoms with van der Waals surface area (Å²) < 4.78 is 0. The Bertz CT molecular complexity index is 869. The Morgan fingerprint density at radius 2 is 1.52 bits per heavy atom. The molecule has 0 radical (unpaired) electrons. The van der Waals surface area contributed by atoms with E-state index in [9.17, 15) is 0 Å². The molecule has 0 aliphatic rings. The highest BCUT2D eigenvalue weighted by Crippen LogP contribution is 2.19. The van der Waals surface area contributed by atoms with Crippen molar-refractivity contribution in [1.82, 2.24) is 10.2 Å². The van der Waals surface area contributed by atoms with Crippen LogP contribution in [0, 0.1) is 0 Å². The summed E-state index contributed by atoms with van der Waals surface area (Å²) in [6, 6.07) is 18.4. The van der Waals surface area contributed by atoms with Crippen LogP contribution in [0.3, 0.4) is 0 Å². The van der Waals surface area contributed by atoms with E-state index in [0.717, 1.165) is 17.1 Å². The zero-order valence-electron chi connectivity index (χ0n) is 12.8. The fraction of sp³-hybridized carbons (Fsp3) is 0. The standard InChI is InChI=1S/C17H13Cl2N5S/c18-11-2-1-3-14(10-11)22-17(25)21-13-6-4-12(5-7-13)20-16-9-8-15(19)23-24-16/h1-10H,(H,20,24)(H2,21,22,25). The number of hydrogen-bond donors (Lipinski definition) is 3. The van der Waals surface area contributed by atoms with Gasteiger partial charge in [-0.3, -0.25) is 0 Å². The number of thiocarbonyl (C=S) groups is 1. The predicted octanol–water partition coefficient (Wildman–Crippen LogP) is 5.34. The summed E-state index contributed by atoms with van der Waals surface area (Å²) in [6.07, 6.45) is 0. The second-order valence-electron chi connectivity index (χ2n) is 5.03. The van der Waals surface area contributed by atoms with E-state index >= 15 is 0 Å². The number of anilines is 4. The summed E-state index contributed by atoms with van der Waals surface area (Å²) in [5, 5.41) is 18.5. The van der Waals surface area contributed by atoms with Crippen LogP contribution >= 0.6 is 35.4 Å². The van der Waals surface area contributed by atoms with Gasteiger partial charge in [-0.1, -0.05) is 29.3 Å². The van der Waals surface area contributed by atoms with Crippen LogP contribution in [-0.4, -0.2) is 15.3 Å². The molecule has 3 aromatic rings. The van der Waals surface area contributed by atoms with Gasteiger partial charge in [0, 0.05) is 22.1 Å². The first-order valence-electron chi connectivity index (χ1n) is 7.28. The Kier molecular flexibility index (Phi) is 5.65. The zero-order valence-corrected chi connectivity index (χ0v) is 15.2. The van der Waals surface area contributed by atoms with E-state index in [2.05, 4.69) is 26.1 Å². The first kappa shape index (κ1) is 17.4. The maximum Gasteiger partial charge on any atom is 0.175 e. The van der Waals surface area contributed by atoms with E-state index in [1.54, 1.807) is 24.3 Å². The normalized spacial score (nSPS) is 10.2. The molecule has 0 atom stereocenters. The Morgan fingerprint density at radius 3 is 2.20 bits per heavy atom. The van der Waals surface area contributed by atoms with Crippen molar-refractivity contribution in [3.63, 3.8) is 0 Å². The molecule has 2 aromatic carbocycles. The monoisotopic (exact) mass is 389 g/mol. The first-order valence-corrected chi connectivity index (χ1v) is 8.45. The molecule has 0 amide bonds. The molecule has 3 rings (SSSR count). The lowest BCUT2D eigenvalue weighted by Gasteiger charge is -2.11. The molecule has 0 unspecified atom stereocenters. The number of halogens is 2. The van der Waals surface area contributed by atoms with Crippen LogP contribution in [0.2, 0.25) is 10.2 Å². The zero-order chi connectivity index (χ0) is 17.6. The van der Waals surface area contributed by atoms with Crippen molar-refractivity contribution >= 4 is 63.4 Å². The molecule has 25 heavy (non-hydrogen) atoms. The quantitative estimate of drug-likeness (QED) is 0.523. The van der Waals surface area contributed by atoms with Gasteiger partial charge in [0.1, 0.15) is 0 Å². The van der Waals surface area contributed by atoms with Gasteiger partial charge in [-0.2, -0.15) is 0 Å². The van der Waals surface area contributed by atoms with Gasteiger partial charge in [0.15, 0.2) is 16.1 Å². The molecule has 0 aliphatic heterocycles. The molecule has 0 bridgehead atoms. The van der Waals surface area contributed by atoms with Crippen LogP contribution in [0.5, 0.6) is 0 Å². The summed E-state index contributed by atoms with van der Waals surface area (Å²) in [7, 11) is 0. The number of rotatable bonds is 4. The number of nitrogens with one attached hydrogen (secondary N) is 3. The van der Waals surface area contributed by atoms with Gasteiger partial charge >= 0.3 is 0 Å². The second-order valence-corrected chi connectivity index (χ2v) is 6.27. The van der Waals surface area contributed by atoms with Gasteiger partial charge in [0.2, 0.25) is 0 Å². The van der Waals surface area contributed by atoms with Crippen molar-refractivity contribution in [1.29, 1.82) is 0 Å². The molecule has 3 N–H and O–H groups in total. The summed E-state index contributed by atoms with van der Waals surface area (Å²) in [5.74, 6) is 0.614. The molecule has 1 heterocycles. The summed E-state index contributed by atoms with van der Waals surface area (Å²) >= 11 is 17.0. The Labute approximate surface area is 160 Å². The van der Waals surface area contributed by atoms with Crippen LogP contribution in [0.1, 0.15) is 0 Å². The summed E-state index contributed by atoms with van der Waals surface area (Å²) in [4.78, 5) is 0. The van der Waals surface area contributed by atoms with Crippen LogP contribution in [0.25, 0.3) is 0 Å². The van der Waals surface area contributed by atoms with Crippen molar-refractivity contribution in [2.45, 2.75) is 0 Å². The molecule has 8 heteroatoms. The average Bonchev–Trinajstić information content (AvgIpc) is 2.59. The Morgan fingerprint density at radius 1 is 0.800 bits per heavy atom. The maximum absolute atomic E-state index is 5.95. The highest BCUT2D eigenvalue weighted by Gasteiger charge is 2.01. The first-order chi connectivity index (χ1) is 12.1. The molecule has 5 nitrogen and oxygen atoms in total. The van der Waals surface area contributed by atoms with E-state index in [-0.39, 0.29) is 0 Å². The fourth-order valence-corrected chi connectivity index (χ4v) is 2.55. The second kappa shape index (κ2) is 8.11. The van der Waals surface area contributed by atoms with Crippen LogP contribution < -0.4 is 16.0 Å². The number of benzene rings is 2. The van der Waals surface area contributed by atoms with Crippen molar-refractivity contribution < 1.29 is 0 Å². The van der Waals surface area contributed by atoms with Crippen molar-refractivity contribution in [3.8, 4) is 0 Å². The lowest BCUT2D eigenvalue weighted by molar-refractivity contribution is 1.04. The fourth-order valence-electron chi connectivity index (χ4n) is 2.03. The minimum absolute atomic E-state index is 0.353. The molecule has 0 saturated carbocycles. The van der Waals surface area contributed by atoms with E-state index in [4.69, 9.17) is 35.4 Å². The molecule has 0 saturated heterocycles. The summed E-state index contributed by atoms with van der Waals surface area (Å²) in [5.41, 5.74) is 2.55. The Hall–Kier alpha value is -2.41. The SMILES string of the molecule is S=C(Nc1ccc(Nc2ccc(Cl)nn2)cc1)Nc1cccc(Cl)c1. The molecule has 126 valence electrons. The highest BCUT2D eigenvalue weighted by atomic mass is 35.5. The van der Waals surface area contributed by atoms with Crippen molar-refractivity contribution in [2.24, 2.45) is 0 Å². The highest BCUT2D eigenvalue weighted by molar-refractivity contribution is 7.80. The van der Waals surface area contributed by atoms with E-state index in [1.807, 2.05) is 36.4 Å². The third-order valence-corrected chi connectivity index (χ3v) is 3.77. The number of hydrogen-bond acceptors (Lipinski definition) is 4. The lowest BCUT2D eigenvalue weighted by Crippen LogP contribution is -2.18. The van der Waals surface area contributed by atoms with Gasteiger partial charge in [-0.15, -0.1) is 10.2 Å². The molecule has 1 aromatic heterocycles. The molecule has 0 spiro atoms.